The maximum absolute atomic E-state index is 14.4. The molecule has 10 aromatic rings. The van der Waals surface area contributed by atoms with Crippen LogP contribution in [0.1, 0.15) is 16.7 Å². The maximum Gasteiger partial charge on any atom is 0.416 e. The van der Waals surface area contributed by atoms with E-state index >= 15 is 0 Å². The van der Waals surface area contributed by atoms with Gasteiger partial charge in [0, 0.05) is 44.2 Å². The van der Waals surface area contributed by atoms with Crippen molar-refractivity contribution in [1.29, 1.82) is 5.26 Å². The second-order valence-electron chi connectivity index (χ2n) is 15.2. The van der Waals surface area contributed by atoms with Crippen LogP contribution in [0.2, 0.25) is 0 Å². The van der Waals surface area contributed by atoms with Crippen LogP contribution >= 0.6 is 0 Å². The van der Waals surface area contributed by atoms with Crippen molar-refractivity contribution in [3.8, 4) is 79.6 Å². The average molecular weight is 865 g/mol. The molecule has 0 unspecified atom stereocenters. The third-order valence-electron chi connectivity index (χ3n) is 11.1. The highest BCUT2D eigenvalue weighted by Crippen LogP contribution is 2.45. The minimum absolute atomic E-state index is 0.0718. The molecule has 314 valence electrons. The van der Waals surface area contributed by atoms with Crippen molar-refractivity contribution in [1.82, 2.24) is 24.5 Å². The molecule has 0 N–H and O–H groups in total. The van der Waals surface area contributed by atoms with Crippen LogP contribution in [-0.4, -0.2) is 24.5 Å². The Balaban J connectivity index is 1.38. The zero-order valence-electron chi connectivity index (χ0n) is 33.8. The second kappa shape index (κ2) is 16.0. The Kier molecular flexibility index (Phi) is 10.0. The minimum atomic E-state index is -4.81. The molecule has 0 amide bonds. The predicted octanol–water partition coefficient (Wildman–Crippen LogP) is 14.3. The van der Waals surface area contributed by atoms with E-state index in [9.17, 15) is 31.6 Å². The van der Waals surface area contributed by atoms with Gasteiger partial charge in [0.1, 0.15) is 0 Å². The van der Waals surface area contributed by atoms with Gasteiger partial charge in [-0.1, -0.05) is 121 Å². The van der Waals surface area contributed by atoms with E-state index in [2.05, 4.69) is 6.07 Å². The molecule has 0 spiro atoms. The molecule has 0 atom stereocenters. The van der Waals surface area contributed by atoms with Gasteiger partial charge in [0.15, 0.2) is 11.6 Å². The van der Waals surface area contributed by atoms with Gasteiger partial charge >= 0.3 is 12.4 Å². The first-order valence-electron chi connectivity index (χ1n) is 20.2. The van der Waals surface area contributed by atoms with Gasteiger partial charge in [0.25, 0.3) is 0 Å². The number of benzene rings is 7. The van der Waals surface area contributed by atoms with Gasteiger partial charge in [-0.3, -0.25) is 0 Å². The fourth-order valence-corrected chi connectivity index (χ4v) is 8.06. The summed E-state index contributed by atoms with van der Waals surface area (Å²) >= 11 is 0. The van der Waals surface area contributed by atoms with Crippen molar-refractivity contribution in [2.24, 2.45) is 0 Å². The molecule has 0 fully saturated rings. The van der Waals surface area contributed by atoms with Crippen molar-refractivity contribution in [3.05, 3.63) is 199 Å². The van der Waals surface area contributed by atoms with Crippen LogP contribution in [-0.2, 0) is 12.4 Å². The van der Waals surface area contributed by atoms with Crippen LogP contribution < -0.4 is 0 Å². The van der Waals surface area contributed by atoms with E-state index in [1.165, 1.54) is 12.1 Å². The molecule has 10 rings (SSSR count). The highest BCUT2D eigenvalue weighted by Gasteiger charge is 2.34. The summed E-state index contributed by atoms with van der Waals surface area (Å²) in [5.74, 6) is 0.673. The van der Waals surface area contributed by atoms with Crippen LogP contribution in [0.25, 0.3) is 95.3 Å². The molecule has 12 heteroatoms. The predicted molar refractivity (Wildman–Crippen MR) is 239 cm³/mol. The Bertz CT molecular complexity index is 3120. The van der Waals surface area contributed by atoms with Crippen LogP contribution in [0.15, 0.2) is 182 Å². The lowest BCUT2D eigenvalue weighted by Crippen LogP contribution is -2.07. The summed E-state index contributed by atoms with van der Waals surface area (Å²) in [5.41, 5.74) is 3.94. The van der Waals surface area contributed by atoms with Gasteiger partial charge in [-0.15, -0.1) is 0 Å². The van der Waals surface area contributed by atoms with Crippen LogP contribution in [0.5, 0.6) is 0 Å². The lowest BCUT2D eigenvalue weighted by Gasteiger charge is -2.20. The molecule has 0 bridgehead atoms. The standard InChI is InChI=1S/C53H30F6N6/c54-52(55,56)37-21-23-47-39(27-37)40-28-38(53(57,58)59)22-24-48(40)65(47)49-41(45-29-43(33-13-5-1-6-14-33)61-50(63-45)35-17-9-3-10-18-35)25-32(31-60)26-42(49)46-30-44(34-15-7-2-8-16-34)62-51(64-46)36-19-11-4-12-20-36/h1-30H. The molecule has 0 aliphatic carbocycles. The fourth-order valence-electron chi connectivity index (χ4n) is 8.06. The van der Waals surface area contributed by atoms with Gasteiger partial charge in [0.05, 0.1) is 62.3 Å². The molecule has 0 saturated heterocycles. The number of nitrogens with zero attached hydrogens (tertiary/aromatic N) is 6. The summed E-state index contributed by atoms with van der Waals surface area (Å²) in [7, 11) is 0. The number of aromatic nitrogens is 5. The molecule has 65 heavy (non-hydrogen) atoms. The van der Waals surface area contributed by atoms with E-state index in [1.54, 1.807) is 28.8 Å². The Labute approximate surface area is 367 Å². The van der Waals surface area contributed by atoms with Crippen molar-refractivity contribution in [2.45, 2.75) is 12.4 Å². The largest absolute Gasteiger partial charge is 0.416 e. The smallest absolute Gasteiger partial charge is 0.308 e. The molecule has 0 saturated carbocycles. The van der Waals surface area contributed by atoms with E-state index in [-0.39, 0.29) is 33.1 Å². The number of hydrogen-bond acceptors (Lipinski definition) is 5. The van der Waals surface area contributed by atoms with E-state index in [4.69, 9.17) is 19.9 Å². The van der Waals surface area contributed by atoms with E-state index in [0.717, 1.165) is 35.4 Å². The third-order valence-corrected chi connectivity index (χ3v) is 11.1. The summed E-state index contributed by atoms with van der Waals surface area (Å²) in [6.07, 6.45) is -9.61. The number of rotatable bonds is 7. The van der Waals surface area contributed by atoms with Gasteiger partial charge < -0.3 is 4.57 Å². The Morgan fingerprint density at radius 2 is 0.754 bits per heavy atom. The summed E-state index contributed by atoms with van der Waals surface area (Å²) in [5, 5.41) is 10.6. The average Bonchev–Trinajstić information content (AvgIpc) is 3.66. The van der Waals surface area contributed by atoms with Crippen LogP contribution in [0.4, 0.5) is 26.3 Å². The number of halogens is 6. The van der Waals surface area contributed by atoms with Crippen molar-refractivity contribution >= 4 is 21.8 Å². The third kappa shape index (κ3) is 7.74. The number of nitriles is 1. The van der Waals surface area contributed by atoms with Crippen molar-refractivity contribution in [2.75, 3.05) is 0 Å². The Hall–Kier alpha value is -8.43. The SMILES string of the molecule is N#Cc1cc(-c2cc(-c3ccccc3)nc(-c3ccccc3)n2)c(-n2c3ccc(C(F)(F)F)cc3c3cc(C(F)(F)F)ccc32)c(-c2cc(-c3ccccc3)nc(-c3ccccc3)n2)c1. The highest BCUT2D eigenvalue weighted by atomic mass is 19.4. The summed E-state index contributed by atoms with van der Waals surface area (Å²) < 4.78 is 88.2. The monoisotopic (exact) mass is 864 g/mol. The molecular weight excluding hydrogens is 835 g/mol. The van der Waals surface area contributed by atoms with Gasteiger partial charge in [-0.25, -0.2) is 19.9 Å². The van der Waals surface area contributed by atoms with Gasteiger partial charge in [-0.05, 0) is 60.7 Å². The lowest BCUT2D eigenvalue weighted by atomic mass is 9.95. The van der Waals surface area contributed by atoms with E-state index in [0.29, 0.717) is 56.7 Å². The Morgan fingerprint density at radius 3 is 1.11 bits per heavy atom. The first-order valence-corrected chi connectivity index (χ1v) is 20.2. The summed E-state index contributed by atoms with van der Waals surface area (Å²) in [6.45, 7) is 0. The molecule has 0 radical (unpaired) electrons. The molecule has 3 heterocycles. The maximum atomic E-state index is 14.4. The van der Waals surface area contributed by atoms with E-state index in [1.807, 2.05) is 121 Å². The first-order chi connectivity index (χ1) is 31.4. The number of alkyl halides is 6. The lowest BCUT2D eigenvalue weighted by molar-refractivity contribution is -0.138. The van der Waals surface area contributed by atoms with E-state index < -0.39 is 23.5 Å². The quantitative estimate of drug-likeness (QED) is 0.149. The molecule has 7 aromatic carbocycles. The minimum Gasteiger partial charge on any atom is -0.308 e. The topological polar surface area (TPSA) is 80.3 Å². The Morgan fingerprint density at radius 1 is 0.400 bits per heavy atom. The summed E-state index contributed by atoms with van der Waals surface area (Å²) in [4.78, 5) is 20.1. The van der Waals surface area contributed by atoms with Crippen molar-refractivity contribution < 1.29 is 26.3 Å². The normalized spacial score (nSPS) is 11.8. The van der Waals surface area contributed by atoms with Crippen LogP contribution in [0, 0.1) is 11.3 Å². The molecular formula is C53H30F6N6. The van der Waals surface area contributed by atoms with Crippen LogP contribution in [0.3, 0.4) is 0 Å². The zero-order chi connectivity index (χ0) is 44.9. The number of hydrogen-bond donors (Lipinski definition) is 0. The molecule has 0 aliphatic heterocycles. The number of fused-ring (bicyclic) bond motifs is 3. The highest BCUT2D eigenvalue weighted by molar-refractivity contribution is 6.11. The van der Waals surface area contributed by atoms with Gasteiger partial charge in [0.2, 0.25) is 0 Å². The first kappa shape index (κ1) is 40.6. The van der Waals surface area contributed by atoms with Crippen molar-refractivity contribution in [3.63, 3.8) is 0 Å². The molecule has 3 aromatic heterocycles. The molecule has 0 aliphatic rings. The van der Waals surface area contributed by atoms with Gasteiger partial charge in [-0.2, -0.15) is 31.6 Å². The fraction of sp³-hybridized carbons (Fsp3) is 0.0377. The second-order valence-corrected chi connectivity index (χ2v) is 15.2. The summed E-state index contributed by atoms with van der Waals surface area (Å²) in [6, 6.07) is 52.4. The molecule has 6 nitrogen and oxygen atoms in total. The zero-order valence-corrected chi connectivity index (χ0v) is 33.8.